The minimum Gasteiger partial charge on any atom is -0.394 e. The third-order valence-corrected chi connectivity index (χ3v) is 3.29. The fraction of sp³-hybridized carbons (Fsp3) is 0.312. The van der Waals surface area contributed by atoms with Crippen LogP contribution in [0.2, 0.25) is 0 Å². The lowest BCUT2D eigenvalue weighted by Crippen LogP contribution is -2.51. The van der Waals surface area contributed by atoms with Crippen molar-refractivity contribution in [2.24, 2.45) is 0 Å². The Morgan fingerprint density at radius 3 is 2.75 bits per heavy atom. The summed E-state index contributed by atoms with van der Waals surface area (Å²) in [6, 6.07) is 9.44. The Kier molecular flexibility index (Phi) is 5.09. The number of benzene rings is 1. The fourth-order valence-electron chi connectivity index (χ4n) is 2.24. The molecule has 20 heavy (non-hydrogen) atoms. The van der Waals surface area contributed by atoms with Gasteiger partial charge in [0.1, 0.15) is 0 Å². The highest BCUT2D eigenvalue weighted by molar-refractivity contribution is 5.89. The number of hydrogen-bond donors (Lipinski definition) is 1. The van der Waals surface area contributed by atoms with E-state index in [1.807, 2.05) is 30.3 Å². The first-order valence-electron chi connectivity index (χ1n) is 6.62. The molecule has 0 fully saturated rings. The van der Waals surface area contributed by atoms with Crippen molar-refractivity contribution in [3.05, 3.63) is 60.7 Å². The molecule has 1 aliphatic rings. The molecule has 0 saturated heterocycles. The Hall–Kier alpha value is -1.91. The van der Waals surface area contributed by atoms with Gasteiger partial charge in [0.05, 0.1) is 25.4 Å². The van der Waals surface area contributed by atoms with Crippen molar-refractivity contribution in [1.29, 1.82) is 0 Å². The van der Waals surface area contributed by atoms with Gasteiger partial charge in [-0.15, -0.1) is 6.58 Å². The quantitative estimate of drug-likeness (QED) is 0.799. The van der Waals surface area contributed by atoms with E-state index in [0.29, 0.717) is 13.2 Å². The molecular weight excluding hydrogens is 254 g/mol. The van der Waals surface area contributed by atoms with Gasteiger partial charge in [-0.05, 0) is 11.6 Å². The molecule has 1 amide bonds. The van der Waals surface area contributed by atoms with Crippen molar-refractivity contribution >= 4 is 5.91 Å². The van der Waals surface area contributed by atoms with Crippen LogP contribution < -0.4 is 0 Å². The van der Waals surface area contributed by atoms with Gasteiger partial charge in [-0.25, -0.2) is 0 Å². The minimum atomic E-state index is -0.366. The number of hydrogen-bond acceptors (Lipinski definition) is 3. The molecule has 4 nitrogen and oxygen atoms in total. The van der Waals surface area contributed by atoms with Gasteiger partial charge in [0.2, 0.25) is 5.91 Å². The zero-order chi connectivity index (χ0) is 14.4. The lowest BCUT2D eigenvalue weighted by atomic mass is 10.0. The van der Waals surface area contributed by atoms with Gasteiger partial charge < -0.3 is 14.7 Å². The predicted octanol–water partition coefficient (Wildman–Crippen LogP) is 1.52. The molecule has 2 rings (SSSR count). The van der Waals surface area contributed by atoms with Gasteiger partial charge in [0, 0.05) is 12.6 Å². The average Bonchev–Trinajstić information content (AvgIpc) is 2.49. The monoisotopic (exact) mass is 273 g/mol. The number of aliphatic hydroxyl groups excluding tert-OH is 1. The number of rotatable bonds is 6. The Labute approximate surface area is 119 Å². The van der Waals surface area contributed by atoms with Crippen molar-refractivity contribution in [3.8, 4) is 0 Å². The van der Waals surface area contributed by atoms with E-state index in [1.54, 1.807) is 17.1 Å². The molecule has 0 aromatic heterocycles. The third kappa shape index (κ3) is 3.35. The molecule has 1 N–H and O–H groups in total. The van der Waals surface area contributed by atoms with Crippen molar-refractivity contribution in [1.82, 2.24) is 4.90 Å². The molecule has 4 heteroatoms. The Morgan fingerprint density at radius 2 is 2.10 bits per heavy atom. The summed E-state index contributed by atoms with van der Waals surface area (Å²) < 4.78 is 5.82. The molecule has 1 aromatic carbocycles. The molecule has 0 spiro atoms. The van der Waals surface area contributed by atoms with Crippen LogP contribution in [0.1, 0.15) is 5.56 Å². The normalized spacial score (nSPS) is 22.1. The molecule has 0 bridgehead atoms. The van der Waals surface area contributed by atoms with Crippen LogP contribution in [0.4, 0.5) is 0 Å². The molecule has 106 valence electrons. The van der Waals surface area contributed by atoms with E-state index in [1.165, 1.54) is 6.08 Å². The summed E-state index contributed by atoms with van der Waals surface area (Å²) in [4.78, 5) is 13.4. The van der Waals surface area contributed by atoms with E-state index in [4.69, 9.17) is 4.74 Å². The Morgan fingerprint density at radius 1 is 1.35 bits per heavy atom. The number of carbonyl (C=O) groups excluding carboxylic acids is 1. The van der Waals surface area contributed by atoms with Crippen LogP contribution in [0.25, 0.3) is 0 Å². The third-order valence-electron chi connectivity index (χ3n) is 3.29. The fourth-order valence-corrected chi connectivity index (χ4v) is 2.24. The standard InChI is InChI=1S/C16H19NO3/c1-2-10-17-14(11-18)15(8-9-16(17)19)20-12-13-6-4-3-5-7-13/h2-9,14-15,18H,1,10-12H2/t14-,15-/m0/s1. The summed E-state index contributed by atoms with van der Waals surface area (Å²) in [5.74, 6) is -0.122. The smallest absolute Gasteiger partial charge is 0.247 e. The van der Waals surface area contributed by atoms with E-state index in [9.17, 15) is 9.90 Å². The second kappa shape index (κ2) is 7.03. The zero-order valence-electron chi connectivity index (χ0n) is 11.3. The van der Waals surface area contributed by atoms with Crippen LogP contribution in [-0.2, 0) is 16.1 Å². The molecule has 2 atom stereocenters. The van der Waals surface area contributed by atoms with Crippen LogP contribution in [0.15, 0.2) is 55.1 Å². The van der Waals surface area contributed by atoms with Crippen LogP contribution in [0.3, 0.4) is 0 Å². The largest absolute Gasteiger partial charge is 0.394 e. The first-order valence-corrected chi connectivity index (χ1v) is 6.62. The zero-order valence-corrected chi connectivity index (χ0v) is 11.3. The van der Waals surface area contributed by atoms with Crippen molar-refractivity contribution in [2.45, 2.75) is 18.8 Å². The van der Waals surface area contributed by atoms with Crippen molar-refractivity contribution in [3.63, 3.8) is 0 Å². The number of amides is 1. The number of nitrogens with zero attached hydrogens (tertiary/aromatic N) is 1. The molecule has 1 aromatic rings. The maximum atomic E-state index is 11.8. The summed E-state index contributed by atoms with van der Waals surface area (Å²) in [6.07, 6.45) is 4.54. The van der Waals surface area contributed by atoms with E-state index in [0.717, 1.165) is 5.56 Å². The van der Waals surface area contributed by atoms with Gasteiger partial charge in [-0.3, -0.25) is 4.79 Å². The second-order valence-electron chi connectivity index (χ2n) is 4.65. The summed E-state index contributed by atoms with van der Waals surface area (Å²) in [5.41, 5.74) is 1.06. The van der Waals surface area contributed by atoms with Crippen molar-refractivity contribution < 1.29 is 14.6 Å². The molecule has 0 saturated carbocycles. The van der Waals surface area contributed by atoms with Crippen LogP contribution in [0.5, 0.6) is 0 Å². The summed E-state index contributed by atoms with van der Waals surface area (Å²) >= 11 is 0. The van der Waals surface area contributed by atoms with Crippen molar-refractivity contribution in [2.75, 3.05) is 13.2 Å². The molecule has 0 radical (unpaired) electrons. The summed E-state index contributed by atoms with van der Waals surface area (Å²) in [6.45, 7) is 4.35. The summed E-state index contributed by atoms with van der Waals surface area (Å²) in [5, 5.41) is 9.53. The van der Waals surface area contributed by atoms with E-state index in [2.05, 4.69) is 6.58 Å². The SMILES string of the molecule is C=CCN1C(=O)C=C[C@H](OCc2ccccc2)[C@@H]1CO. The van der Waals surface area contributed by atoms with E-state index < -0.39 is 0 Å². The molecular formula is C16H19NO3. The van der Waals surface area contributed by atoms with Crippen LogP contribution >= 0.6 is 0 Å². The molecule has 0 unspecified atom stereocenters. The molecule has 1 aliphatic heterocycles. The minimum absolute atomic E-state index is 0.122. The first-order chi connectivity index (χ1) is 9.76. The van der Waals surface area contributed by atoms with Gasteiger partial charge in [0.15, 0.2) is 0 Å². The number of carbonyl (C=O) groups is 1. The highest BCUT2D eigenvalue weighted by Gasteiger charge is 2.31. The average molecular weight is 273 g/mol. The van der Waals surface area contributed by atoms with Gasteiger partial charge in [-0.1, -0.05) is 36.4 Å². The topological polar surface area (TPSA) is 49.8 Å². The predicted molar refractivity (Wildman–Crippen MR) is 76.9 cm³/mol. The Balaban J connectivity index is 2.04. The summed E-state index contributed by atoms with van der Waals surface area (Å²) in [7, 11) is 0. The maximum Gasteiger partial charge on any atom is 0.247 e. The lowest BCUT2D eigenvalue weighted by molar-refractivity contribution is -0.134. The van der Waals surface area contributed by atoms with Gasteiger partial charge in [0.25, 0.3) is 0 Å². The first kappa shape index (κ1) is 14.5. The van der Waals surface area contributed by atoms with E-state index >= 15 is 0 Å². The molecule has 1 heterocycles. The van der Waals surface area contributed by atoms with Gasteiger partial charge >= 0.3 is 0 Å². The highest BCUT2D eigenvalue weighted by atomic mass is 16.5. The second-order valence-corrected chi connectivity index (χ2v) is 4.65. The van der Waals surface area contributed by atoms with E-state index in [-0.39, 0.29) is 24.7 Å². The maximum absolute atomic E-state index is 11.8. The highest BCUT2D eigenvalue weighted by Crippen LogP contribution is 2.17. The number of aliphatic hydroxyl groups is 1. The number of ether oxygens (including phenoxy) is 1. The molecule has 0 aliphatic carbocycles. The lowest BCUT2D eigenvalue weighted by Gasteiger charge is -2.36. The van der Waals surface area contributed by atoms with Crippen LogP contribution in [0, 0.1) is 0 Å². The Bertz CT molecular complexity index is 484. The van der Waals surface area contributed by atoms with Gasteiger partial charge in [-0.2, -0.15) is 0 Å². The van der Waals surface area contributed by atoms with Crippen LogP contribution in [-0.4, -0.2) is 41.2 Å².